The number of nitrogens with zero attached hydrogens (tertiary/aromatic N) is 3. The minimum atomic E-state index is 0.502. The number of nitrogens with one attached hydrogen (secondary N) is 1. The van der Waals surface area contributed by atoms with Crippen molar-refractivity contribution < 1.29 is 0 Å². The molecule has 1 aromatic heterocycles. The highest BCUT2D eigenvalue weighted by atomic mass is 15.3. The van der Waals surface area contributed by atoms with Crippen molar-refractivity contribution in [3.05, 3.63) is 18.0 Å². The maximum atomic E-state index is 4.73. The average Bonchev–Trinajstić information content (AvgIpc) is 2.80. The molecule has 1 N–H and O–H groups in total. The van der Waals surface area contributed by atoms with Crippen LogP contribution in [-0.4, -0.2) is 40.4 Å². The van der Waals surface area contributed by atoms with Crippen molar-refractivity contribution in [2.45, 2.75) is 65.1 Å². The number of hydrogen-bond acceptors (Lipinski definition) is 3. The molecule has 0 radical (unpaired) electrons. The Hall–Kier alpha value is -0.870. The summed E-state index contributed by atoms with van der Waals surface area (Å²) in [4.78, 5) is 2.56. The van der Waals surface area contributed by atoms with Gasteiger partial charge in [0.1, 0.15) is 0 Å². The fourth-order valence-corrected chi connectivity index (χ4v) is 2.89. The predicted octanol–water partition coefficient (Wildman–Crippen LogP) is 2.82. The Morgan fingerprint density at radius 1 is 1.45 bits per heavy atom. The van der Waals surface area contributed by atoms with Crippen LogP contribution in [0.15, 0.2) is 12.3 Å². The Balaban J connectivity index is 1.92. The minimum absolute atomic E-state index is 0.502. The molecule has 4 heteroatoms. The fourth-order valence-electron chi connectivity index (χ4n) is 2.89. The van der Waals surface area contributed by atoms with E-state index in [1.165, 1.54) is 31.5 Å². The third-order valence-electron chi connectivity index (χ3n) is 4.29. The monoisotopic (exact) mass is 278 g/mol. The van der Waals surface area contributed by atoms with Crippen molar-refractivity contribution in [3.8, 4) is 0 Å². The van der Waals surface area contributed by atoms with Crippen LogP contribution in [-0.2, 0) is 6.54 Å². The molecule has 1 aliphatic heterocycles. The molecular formula is C16H30N4. The predicted molar refractivity (Wildman–Crippen MR) is 83.8 cm³/mol. The van der Waals surface area contributed by atoms with Crippen molar-refractivity contribution in [2.75, 3.05) is 19.6 Å². The minimum Gasteiger partial charge on any atom is -0.313 e. The number of rotatable bonds is 6. The smallest absolute Gasteiger partial charge is 0.0764 e. The Morgan fingerprint density at radius 3 is 3.05 bits per heavy atom. The molecule has 2 unspecified atom stereocenters. The van der Waals surface area contributed by atoms with E-state index in [0.717, 1.165) is 26.1 Å². The van der Waals surface area contributed by atoms with Gasteiger partial charge in [0.15, 0.2) is 0 Å². The first kappa shape index (κ1) is 15.5. The summed E-state index contributed by atoms with van der Waals surface area (Å²) >= 11 is 0. The van der Waals surface area contributed by atoms with Gasteiger partial charge in [-0.05, 0) is 45.3 Å². The van der Waals surface area contributed by atoms with E-state index in [1.54, 1.807) is 0 Å². The highest BCUT2D eigenvalue weighted by Gasteiger charge is 2.18. The zero-order valence-corrected chi connectivity index (χ0v) is 13.3. The summed E-state index contributed by atoms with van der Waals surface area (Å²) < 4.78 is 2.11. The van der Waals surface area contributed by atoms with Gasteiger partial charge < -0.3 is 5.32 Å². The quantitative estimate of drug-likeness (QED) is 0.868. The Kier molecular flexibility index (Phi) is 6.05. The molecule has 0 bridgehead atoms. The van der Waals surface area contributed by atoms with Gasteiger partial charge in [-0.3, -0.25) is 9.58 Å². The van der Waals surface area contributed by atoms with Crippen molar-refractivity contribution in [2.24, 2.45) is 0 Å². The van der Waals surface area contributed by atoms with Crippen LogP contribution in [0.2, 0.25) is 0 Å². The molecule has 2 heterocycles. The maximum absolute atomic E-state index is 4.73. The summed E-state index contributed by atoms with van der Waals surface area (Å²) in [6.45, 7) is 11.2. The summed E-state index contributed by atoms with van der Waals surface area (Å²) in [6, 6.07) is 3.33. The molecule has 1 aliphatic rings. The molecule has 0 aromatic carbocycles. The molecule has 114 valence electrons. The molecule has 1 saturated heterocycles. The number of aromatic nitrogens is 2. The second-order valence-corrected chi connectivity index (χ2v) is 6.07. The summed E-state index contributed by atoms with van der Waals surface area (Å²) in [5, 5.41) is 8.39. The lowest BCUT2D eigenvalue weighted by Gasteiger charge is -2.23. The Bertz CT molecular complexity index is 388. The van der Waals surface area contributed by atoms with Crippen molar-refractivity contribution >= 4 is 0 Å². The third kappa shape index (κ3) is 4.32. The van der Waals surface area contributed by atoms with Gasteiger partial charge in [0, 0.05) is 31.4 Å². The van der Waals surface area contributed by atoms with Crippen molar-refractivity contribution in [1.82, 2.24) is 20.0 Å². The van der Waals surface area contributed by atoms with Crippen LogP contribution in [0, 0.1) is 0 Å². The largest absolute Gasteiger partial charge is 0.313 e. The van der Waals surface area contributed by atoms with Gasteiger partial charge in [-0.2, -0.15) is 5.10 Å². The zero-order chi connectivity index (χ0) is 14.4. The molecule has 0 amide bonds. The number of hydrogen-bond donors (Lipinski definition) is 1. The molecule has 0 aliphatic carbocycles. The van der Waals surface area contributed by atoms with Gasteiger partial charge in [-0.25, -0.2) is 0 Å². The van der Waals surface area contributed by atoms with Gasteiger partial charge in [-0.1, -0.05) is 20.3 Å². The standard InChI is InChI=1S/C16H30N4/c1-4-7-15-12-19(10-6-9-17-15)13-16-8-11-20(18-16)14(3)5-2/h8,11,14-15,17H,4-7,9-10,12-13H2,1-3H3. The Morgan fingerprint density at radius 2 is 2.30 bits per heavy atom. The SMILES string of the molecule is CCCC1CN(Cc2ccn(C(C)CC)n2)CCCN1. The van der Waals surface area contributed by atoms with Crippen molar-refractivity contribution in [3.63, 3.8) is 0 Å². The summed E-state index contributed by atoms with van der Waals surface area (Å²) in [6.07, 6.45) is 7.04. The molecule has 2 atom stereocenters. The summed E-state index contributed by atoms with van der Waals surface area (Å²) in [5.41, 5.74) is 1.21. The van der Waals surface area contributed by atoms with E-state index in [4.69, 9.17) is 5.10 Å². The van der Waals surface area contributed by atoms with Gasteiger partial charge in [-0.15, -0.1) is 0 Å². The van der Waals surface area contributed by atoms with Crippen LogP contribution >= 0.6 is 0 Å². The second kappa shape index (κ2) is 7.79. The van der Waals surface area contributed by atoms with Crippen LogP contribution in [0.3, 0.4) is 0 Å². The lowest BCUT2D eigenvalue weighted by atomic mass is 10.1. The zero-order valence-electron chi connectivity index (χ0n) is 13.3. The molecule has 1 aromatic rings. The highest BCUT2D eigenvalue weighted by molar-refractivity contribution is 5.00. The second-order valence-electron chi connectivity index (χ2n) is 6.07. The lowest BCUT2D eigenvalue weighted by Crippen LogP contribution is -2.37. The Labute approximate surface area is 123 Å². The van der Waals surface area contributed by atoms with Crippen LogP contribution in [0.1, 0.15) is 58.2 Å². The van der Waals surface area contributed by atoms with Gasteiger partial charge >= 0.3 is 0 Å². The summed E-state index contributed by atoms with van der Waals surface area (Å²) in [7, 11) is 0. The van der Waals surface area contributed by atoms with E-state index in [2.05, 4.69) is 47.9 Å². The van der Waals surface area contributed by atoms with Gasteiger partial charge in [0.2, 0.25) is 0 Å². The van der Waals surface area contributed by atoms with E-state index in [1.807, 2.05) is 0 Å². The molecule has 20 heavy (non-hydrogen) atoms. The maximum Gasteiger partial charge on any atom is 0.0764 e. The molecule has 1 fully saturated rings. The topological polar surface area (TPSA) is 33.1 Å². The first-order chi connectivity index (χ1) is 9.72. The molecule has 2 rings (SSSR count). The fraction of sp³-hybridized carbons (Fsp3) is 0.812. The van der Waals surface area contributed by atoms with E-state index >= 15 is 0 Å². The van der Waals surface area contributed by atoms with Crippen LogP contribution in [0.25, 0.3) is 0 Å². The van der Waals surface area contributed by atoms with E-state index < -0.39 is 0 Å². The van der Waals surface area contributed by atoms with Gasteiger partial charge in [0.25, 0.3) is 0 Å². The first-order valence-electron chi connectivity index (χ1n) is 8.22. The summed E-state index contributed by atoms with van der Waals surface area (Å²) in [5.74, 6) is 0. The highest BCUT2D eigenvalue weighted by Crippen LogP contribution is 2.12. The molecule has 0 spiro atoms. The van der Waals surface area contributed by atoms with E-state index in [-0.39, 0.29) is 0 Å². The van der Waals surface area contributed by atoms with Crippen molar-refractivity contribution in [1.29, 1.82) is 0 Å². The van der Waals surface area contributed by atoms with E-state index in [9.17, 15) is 0 Å². The molecule has 4 nitrogen and oxygen atoms in total. The van der Waals surface area contributed by atoms with Gasteiger partial charge in [0.05, 0.1) is 5.69 Å². The van der Waals surface area contributed by atoms with Crippen LogP contribution in [0.4, 0.5) is 0 Å². The normalized spacial score (nSPS) is 22.6. The lowest BCUT2D eigenvalue weighted by molar-refractivity contribution is 0.250. The van der Waals surface area contributed by atoms with Crippen LogP contribution in [0.5, 0.6) is 0 Å². The molecule has 0 saturated carbocycles. The molecular weight excluding hydrogens is 248 g/mol. The average molecular weight is 278 g/mol. The van der Waals surface area contributed by atoms with E-state index in [0.29, 0.717) is 12.1 Å². The van der Waals surface area contributed by atoms with Crippen LogP contribution < -0.4 is 5.32 Å². The third-order valence-corrected chi connectivity index (χ3v) is 4.29. The first-order valence-corrected chi connectivity index (χ1v) is 8.22.